The number of ketones is 1. The van der Waals surface area contributed by atoms with Crippen molar-refractivity contribution in [1.29, 1.82) is 0 Å². The molecule has 1 heterocycles. The maximum Gasteiger partial charge on any atom is 0.410 e. The van der Waals surface area contributed by atoms with Crippen LogP contribution in [-0.2, 0) is 9.53 Å². The Morgan fingerprint density at radius 3 is 2.71 bits per heavy atom. The van der Waals surface area contributed by atoms with E-state index < -0.39 is 5.60 Å². The van der Waals surface area contributed by atoms with Crippen LogP contribution < -0.4 is 0 Å². The molecular weight excluding hydrogens is 218 g/mol. The second-order valence-corrected chi connectivity index (χ2v) is 6.08. The summed E-state index contributed by atoms with van der Waals surface area (Å²) in [7, 11) is 0. The Labute approximate surface area is 102 Å². The van der Waals surface area contributed by atoms with Crippen molar-refractivity contribution in [1.82, 2.24) is 4.90 Å². The molecule has 2 fully saturated rings. The Morgan fingerprint density at radius 2 is 2.06 bits per heavy atom. The van der Waals surface area contributed by atoms with Gasteiger partial charge in [0.25, 0.3) is 0 Å². The molecule has 4 heteroatoms. The number of carbonyl (C=O) groups excluding carboxylic acids is 2. The van der Waals surface area contributed by atoms with Crippen molar-refractivity contribution in [2.75, 3.05) is 6.54 Å². The van der Waals surface area contributed by atoms with E-state index in [4.69, 9.17) is 4.74 Å². The molecule has 2 bridgehead atoms. The maximum atomic E-state index is 12.0. The zero-order chi connectivity index (χ0) is 12.6. The lowest BCUT2D eigenvalue weighted by Gasteiger charge is -2.42. The molecule has 96 valence electrons. The van der Waals surface area contributed by atoms with Crippen LogP contribution in [0.5, 0.6) is 0 Å². The number of fused-ring (bicyclic) bond motifs is 2. The third-order valence-corrected chi connectivity index (χ3v) is 3.51. The van der Waals surface area contributed by atoms with Crippen molar-refractivity contribution in [2.45, 2.75) is 58.1 Å². The molecule has 1 aliphatic carbocycles. The molecule has 2 rings (SSSR count). The number of rotatable bonds is 0. The first kappa shape index (κ1) is 12.4. The molecule has 0 spiro atoms. The number of piperidine rings is 1. The topological polar surface area (TPSA) is 46.6 Å². The first-order chi connectivity index (χ1) is 7.87. The SMILES string of the molecule is CC(C)(C)OC(=O)N1CCC2CCC(=O)C1C2. The minimum Gasteiger partial charge on any atom is -0.444 e. The van der Waals surface area contributed by atoms with Crippen LogP contribution in [0.2, 0.25) is 0 Å². The molecule has 0 aromatic rings. The van der Waals surface area contributed by atoms with E-state index in [2.05, 4.69) is 0 Å². The number of Topliss-reactive ketones (excluding diaryl/α,β-unsaturated/α-hetero) is 1. The summed E-state index contributed by atoms with van der Waals surface area (Å²) >= 11 is 0. The summed E-state index contributed by atoms with van der Waals surface area (Å²) in [5.74, 6) is 0.822. The van der Waals surface area contributed by atoms with Gasteiger partial charge >= 0.3 is 6.09 Å². The fourth-order valence-electron chi connectivity index (χ4n) is 2.66. The normalized spacial score (nSPS) is 29.1. The van der Waals surface area contributed by atoms with Gasteiger partial charge in [-0.3, -0.25) is 9.69 Å². The van der Waals surface area contributed by atoms with E-state index in [0.29, 0.717) is 18.9 Å². The summed E-state index contributed by atoms with van der Waals surface area (Å²) in [5, 5.41) is 0. The monoisotopic (exact) mass is 239 g/mol. The van der Waals surface area contributed by atoms with Crippen molar-refractivity contribution in [3.8, 4) is 0 Å². The van der Waals surface area contributed by atoms with Crippen LogP contribution in [0.1, 0.15) is 46.5 Å². The number of amides is 1. The summed E-state index contributed by atoms with van der Waals surface area (Å²) < 4.78 is 5.35. The molecule has 0 radical (unpaired) electrons. The Balaban J connectivity index is 2.05. The van der Waals surface area contributed by atoms with Gasteiger partial charge < -0.3 is 4.74 Å². The largest absolute Gasteiger partial charge is 0.444 e. The van der Waals surface area contributed by atoms with Crippen molar-refractivity contribution in [2.24, 2.45) is 5.92 Å². The van der Waals surface area contributed by atoms with E-state index in [0.717, 1.165) is 19.3 Å². The van der Waals surface area contributed by atoms with Crippen LogP contribution in [0.3, 0.4) is 0 Å². The van der Waals surface area contributed by atoms with E-state index in [1.54, 1.807) is 4.90 Å². The third kappa shape index (κ3) is 2.79. The fourth-order valence-corrected chi connectivity index (χ4v) is 2.66. The molecule has 17 heavy (non-hydrogen) atoms. The van der Waals surface area contributed by atoms with Gasteiger partial charge in [-0.05, 0) is 46.0 Å². The van der Waals surface area contributed by atoms with Gasteiger partial charge in [-0.15, -0.1) is 0 Å². The predicted molar refractivity (Wildman–Crippen MR) is 63.7 cm³/mol. The van der Waals surface area contributed by atoms with Crippen LogP contribution in [0.15, 0.2) is 0 Å². The molecule has 1 saturated heterocycles. The summed E-state index contributed by atoms with van der Waals surface area (Å²) in [6.45, 7) is 6.21. The van der Waals surface area contributed by atoms with E-state index in [1.165, 1.54) is 0 Å². The van der Waals surface area contributed by atoms with Crippen LogP contribution in [0.25, 0.3) is 0 Å². The molecule has 4 nitrogen and oxygen atoms in total. The van der Waals surface area contributed by atoms with E-state index in [-0.39, 0.29) is 17.9 Å². The first-order valence-electron chi connectivity index (χ1n) is 6.39. The van der Waals surface area contributed by atoms with Gasteiger partial charge in [-0.1, -0.05) is 0 Å². The zero-order valence-electron chi connectivity index (χ0n) is 10.9. The lowest BCUT2D eigenvalue weighted by atomic mass is 9.79. The van der Waals surface area contributed by atoms with Gasteiger partial charge in [0.2, 0.25) is 0 Å². The van der Waals surface area contributed by atoms with Crippen molar-refractivity contribution >= 4 is 11.9 Å². The molecule has 0 N–H and O–H groups in total. The van der Waals surface area contributed by atoms with Crippen LogP contribution in [-0.4, -0.2) is 35.0 Å². The van der Waals surface area contributed by atoms with Crippen molar-refractivity contribution in [3.63, 3.8) is 0 Å². The van der Waals surface area contributed by atoms with Gasteiger partial charge in [0.15, 0.2) is 5.78 Å². The second kappa shape index (κ2) is 4.31. The second-order valence-electron chi connectivity index (χ2n) is 6.08. The van der Waals surface area contributed by atoms with Crippen LogP contribution >= 0.6 is 0 Å². The van der Waals surface area contributed by atoms with Crippen LogP contribution in [0.4, 0.5) is 4.79 Å². The number of likely N-dealkylation sites (tertiary alicyclic amines) is 1. The summed E-state index contributed by atoms with van der Waals surface area (Å²) in [5.41, 5.74) is -0.494. The molecule has 0 aromatic carbocycles. The average Bonchev–Trinajstić information content (AvgIpc) is 2.21. The highest BCUT2D eigenvalue weighted by Gasteiger charge is 2.40. The van der Waals surface area contributed by atoms with E-state index in [1.807, 2.05) is 20.8 Å². The predicted octanol–water partition coefficient (Wildman–Crippen LogP) is 2.37. The number of nitrogens with zero attached hydrogens (tertiary/aromatic N) is 1. The molecule has 2 aliphatic rings. The Bertz CT molecular complexity index is 332. The number of hydrogen-bond acceptors (Lipinski definition) is 3. The smallest absolute Gasteiger partial charge is 0.410 e. The minimum absolute atomic E-state index is 0.201. The summed E-state index contributed by atoms with van der Waals surface area (Å²) in [6.07, 6.45) is 3.11. The van der Waals surface area contributed by atoms with Gasteiger partial charge in [-0.25, -0.2) is 4.79 Å². The molecule has 0 aromatic heterocycles. The quantitative estimate of drug-likeness (QED) is 0.652. The number of carbonyl (C=O) groups is 2. The maximum absolute atomic E-state index is 12.0. The van der Waals surface area contributed by atoms with Gasteiger partial charge in [0.1, 0.15) is 5.60 Å². The molecule has 1 saturated carbocycles. The molecule has 1 amide bonds. The zero-order valence-corrected chi connectivity index (χ0v) is 10.9. The van der Waals surface area contributed by atoms with Gasteiger partial charge in [-0.2, -0.15) is 0 Å². The van der Waals surface area contributed by atoms with Gasteiger partial charge in [0, 0.05) is 13.0 Å². The van der Waals surface area contributed by atoms with E-state index >= 15 is 0 Å². The Hall–Kier alpha value is -1.06. The molecule has 2 unspecified atom stereocenters. The third-order valence-electron chi connectivity index (χ3n) is 3.51. The van der Waals surface area contributed by atoms with Crippen molar-refractivity contribution < 1.29 is 14.3 Å². The lowest BCUT2D eigenvalue weighted by molar-refractivity contribution is -0.129. The highest BCUT2D eigenvalue weighted by Crippen LogP contribution is 2.33. The lowest BCUT2D eigenvalue weighted by Crippen LogP contribution is -2.53. The highest BCUT2D eigenvalue weighted by atomic mass is 16.6. The van der Waals surface area contributed by atoms with Crippen molar-refractivity contribution in [3.05, 3.63) is 0 Å². The first-order valence-corrected chi connectivity index (χ1v) is 6.39. The summed E-state index contributed by atoms with van der Waals surface area (Å²) in [4.78, 5) is 25.5. The average molecular weight is 239 g/mol. The summed E-state index contributed by atoms with van der Waals surface area (Å²) in [6, 6.07) is -0.225. The number of hydrogen-bond donors (Lipinski definition) is 0. The highest BCUT2D eigenvalue weighted by molar-refractivity contribution is 5.88. The number of ether oxygens (including phenoxy) is 1. The van der Waals surface area contributed by atoms with E-state index in [9.17, 15) is 9.59 Å². The molecule has 2 atom stereocenters. The molecular formula is C13H21NO3. The molecule has 1 aliphatic heterocycles. The fraction of sp³-hybridized carbons (Fsp3) is 0.846. The standard InChI is InChI=1S/C13H21NO3/c1-13(2,3)17-12(16)14-7-6-9-4-5-11(15)10(14)8-9/h9-10H,4-8H2,1-3H3. The van der Waals surface area contributed by atoms with Crippen LogP contribution in [0, 0.1) is 5.92 Å². The Morgan fingerprint density at radius 1 is 1.35 bits per heavy atom. The minimum atomic E-state index is -0.494. The Kier molecular flexibility index (Phi) is 3.15. The van der Waals surface area contributed by atoms with Gasteiger partial charge in [0.05, 0.1) is 6.04 Å².